The van der Waals surface area contributed by atoms with E-state index in [1.54, 1.807) is 12.1 Å². The molecule has 1 aromatic rings. The van der Waals surface area contributed by atoms with Gasteiger partial charge in [-0.15, -0.1) is 0 Å². The van der Waals surface area contributed by atoms with Gasteiger partial charge in [0.25, 0.3) is 0 Å². The van der Waals surface area contributed by atoms with Crippen molar-refractivity contribution in [2.24, 2.45) is 0 Å². The van der Waals surface area contributed by atoms with Gasteiger partial charge < -0.3 is 10.2 Å². The average Bonchev–Trinajstić information content (AvgIpc) is 2.60. The van der Waals surface area contributed by atoms with Gasteiger partial charge >= 0.3 is 6.03 Å². The zero-order chi connectivity index (χ0) is 12.5. The number of hydrogen-bond donors (Lipinski definition) is 1. The van der Waals surface area contributed by atoms with Gasteiger partial charge in [-0.2, -0.15) is 0 Å². The number of carbonyl (C=O) groups is 1. The summed E-state index contributed by atoms with van der Waals surface area (Å²) >= 11 is 5.91. The zero-order valence-corrected chi connectivity index (χ0v) is 10.7. The Morgan fingerprint density at radius 3 is 3.06 bits per heavy atom. The fourth-order valence-corrected chi connectivity index (χ4v) is 2.99. The van der Waals surface area contributed by atoms with Crippen LogP contribution in [0.15, 0.2) is 36.4 Å². The lowest BCUT2D eigenvalue weighted by Crippen LogP contribution is -2.44. The first-order chi connectivity index (χ1) is 8.74. The van der Waals surface area contributed by atoms with E-state index in [9.17, 15) is 4.79 Å². The molecule has 2 aliphatic heterocycles. The molecule has 94 valence electrons. The minimum atomic E-state index is -0.0193. The Morgan fingerprint density at radius 2 is 2.28 bits per heavy atom. The number of amides is 2. The minimum absolute atomic E-state index is 0.0193. The topological polar surface area (TPSA) is 32.3 Å². The quantitative estimate of drug-likeness (QED) is 0.770. The number of nitrogens with one attached hydrogen (secondary N) is 1. The Kier molecular flexibility index (Phi) is 3.00. The lowest BCUT2D eigenvalue weighted by atomic mass is 10.1. The van der Waals surface area contributed by atoms with E-state index >= 15 is 0 Å². The predicted octanol–water partition coefficient (Wildman–Crippen LogP) is 3.66. The van der Waals surface area contributed by atoms with E-state index in [0.29, 0.717) is 11.1 Å². The molecule has 3 rings (SSSR count). The lowest BCUT2D eigenvalue weighted by Gasteiger charge is -2.31. The summed E-state index contributed by atoms with van der Waals surface area (Å²) in [6.07, 6.45) is 7.47. The first kappa shape index (κ1) is 11.6. The second-order valence-corrected chi connectivity index (χ2v) is 5.25. The van der Waals surface area contributed by atoms with Crippen LogP contribution >= 0.6 is 11.6 Å². The summed E-state index contributed by atoms with van der Waals surface area (Å²) in [5.41, 5.74) is 0.751. The molecule has 1 fully saturated rings. The van der Waals surface area contributed by atoms with E-state index in [4.69, 9.17) is 11.6 Å². The van der Waals surface area contributed by atoms with Crippen LogP contribution < -0.4 is 5.32 Å². The van der Waals surface area contributed by atoms with Crippen molar-refractivity contribution in [2.45, 2.75) is 31.3 Å². The Bertz CT molecular complexity index is 500. The molecular formula is C14H15ClN2O. The van der Waals surface area contributed by atoms with Crippen LogP contribution in [0, 0.1) is 0 Å². The van der Waals surface area contributed by atoms with Crippen LogP contribution in [-0.4, -0.2) is 23.0 Å². The predicted molar refractivity (Wildman–Crippen MR) is 72.9 cm³/mol. The maximum absolute atomic E-state index is 12.3. The van der Waals surface area contributed by atoms with Gasteiger partial charge in [-0.05, 0) is 37.5 Å². The van der Waals surface area contributed by atoms with Gasteiger partial charge in [0, 0.05) is 16.8 Å². The number of hydrogen-bond acceptors (Lipinski definition) is 1. The molecule has 2 bridgehead atoms. The fourth-order valence-electron chi connectivity index (χ4n) is 2.80. The molecule has 1 saturated heterocycles. The first-order valence-corrected chi connectivity index (χ1v) is 6.63. The SMILES string of the molecule is O=C(Nc1cccc(Cl)c1)N1[C@H]2CC=C[C@H]1CC2. The molecule has 0 saturated carbocycles. The van der Waals surface area contributed by atoms with E-state index in [-0.39, 0.29) is 12.1 Å². The van der Waals surface area contributed by atoms with Crippen molar-refractivity contribution in [3.05, 3.63) is 41.4 Å². The van der Waals surface area contributed by atoms with E-state index < -0.39 is 0 Å². The Hall–Kier alpha value is -1.48. The highest BCUT2D eigenvalue weighted by Gasteiger charge is 2.37. The second kappa shape index (κ2) is 4.65. The van der Waals surface area contributed by atoms with Gasteiger partial charge in [-0.25, -0.2) is 4.79 Å². The van der Waals surface area contributed by atoms with Gasteiger partial charge in [0.1, 0.15) is 0 Å². The van der Waals surface area contributed by atoms with Crippen molar-refractivity contribution >= 4 is 23.3 Å². The summed E-state index contributed by atoms with van der Waals surface area (Å²) in [6.45, 7) is 0. The molecule has 0 aliphatic carbocycles. The highest BCUT2D eigenvalue weighted by Crippen LogP contribution is 2.32. The molecule has 0 unspecified atom stereocenters. The molecule has 4 heteroatoms. The molecule has 3 nitrogen and oxygen atoms in total. The third-order valence-electron chi connectivity index (χ3n) is 3.62. The highest BCUT2D eigenvalue weighted by atomic mass is 35.5. The maximum atomic E-state index is 12.3. The summed E-state index contributed by atoms with van der Waals surface area (Å²) in [5, 5.41) is 3.56. The van der Waals surface area contributed by atoms with Crippen LogP contribution in [0.5, 0.6) is 0 Å². The smallest absolute Gasteiger partial charge is 0.315 e. The van der Waals surface area contributed by atoms with Crippen molar-refractivity contribution in [2.75, 3.05) is 5.32 Å². The normalized spacial score (nSPS) is 25.3. The minimum Gasteiger partial charge on any atom is -0.315 e. The largest absolute Gasteiger partial charge is 0.322 e. The van der Waals surface area contributed by atoms with E-state index in [1.807, 2.05) is 17.0 Å². The molecule has 2 atom stereocenters. The van der Waals surface area contributed by atoms with E-state index in [1.165, 1.54) is 0 Å². The first-order valence-electron chi connectivity index (χ1n) is 6.25. The molecule has 0 aromatic heterocycles. The molecule has 2 heterocycles. The lowest BCUT2D eigenvalue weighted by molar-refractivity contribution is 0.192. The van der Waals surface area contributed by atoms with Gasteiger partial charge in [0.15, 0.2) is 0 Å². The number of rotatable bonds is 1. The van der Waals surface area contributed by atoms with Crippen LogP contribution in [0.1, 0.15) is 19.3 Å². The van der Waals surface area contributed by atoms with Gasteiger partial charge in [-0.3, -0.25) is 0 Å². The Morgan fingerprint density at radius 1 is 1.39 bits per heavy atom. The Balaban J connectivity index is 1.74. The highest BCUT2D eigenvalue weighted by molar-refractivity contribution is 6.30. The summed E-state index contributed by atoms with van der Waals surface area (Å²) in [7, 11) is 0. The molecular weight excluding hydrogens is 248 g/mol. The molecule has 0 spiro atoms. The van der Waals surface area contributed by atoms with Crippen molar-refractivity contribution < 1.29 is 4.79 Å². The summed E-state index contributed by atoms with van der Waals surface area (Å²) in [4.78, 5) is 14.2. The van der Waals surface area contributed by atoms with Crippen molar-refractivity contribution in [3.63, 3.8) is 0 Å². The van der Waals surface area contributed by atoms with Crippen LogP contribution in [-0.2, 0) is 0 Å². The standard InChI is InChI=1S/C14H15ClN2O/c15-10-3-1-4-11(9-10)16-14(18)17-12-5-2-6-13(17)8-7-12/h1-5,9,12-13H,6-8H2,(H,16,18)/t12-,13-/m0/s1. The second-order valence-electron chi connectivity index (χ2n) is 4.81. The van der Waals surface area contributed by atoms with E-state index in [2.05, 4.69) is 17.5 Å². The molecule has 1 aromatic carbocycles. The third-order valence-corrected chi connectivity index (χ3v) is 3.86. The van der Waals surface area contributed by atoms with Crippen LogP contribution in [0.2, 0.25) is 5.02 Å². The zero-order valence-electron chi connectivity index (χ0n) is 9.97. The summed E-state index contributed by atoms with van der Waals surface area (Å²) in [5.74, 6) is 0. The fraction of sp³-hybridized carbons (Fsp3) is 0.357. The molecule has 2 amide bonds. The van der Waals surface area contributed by atoms with Gasteiger partial charge in [0.2, 0.25) is 0 Å². The Labute approximate surface area is 111 Å². The van der Waals surface area contributed by atoms with Gasteiger partial charge in [-0.1, -0.05) is 29.8 Å². The van der Waals surface area contributed by atoms with E-state index in [0.717, 1.165) is 24.9 Å². The molecule has 0 radical (unpaired) electrons. The van der Waals surface area contributed by atoms with Gasteiger partial charge in [0.05, 0.1) is 6.04 Å². The third kappa shape index (κ3) is 2.10. The van der Waals surface area contributed by atoms with Crippen molar-refractivity contribution in [1.82, 2.24) is 4.90 Å². The summed E-state index contributed by atoms with van der Waals surface area (Å²) < 4.78 is 0. The van der Waals surface area contributed by atoms with Crippen molar-refractivity contribution in [1.29, 1.82) is 0 Å². The number of fused-ring (bicyclic) bond motifs is 2. The molecule has 2 aliphatic rings. The average molecular weight is 263 g/mol. The van der Waals surface area contributed by atoms with Crippen LogP contribution in [0.25, 0.3) is 0 Å². The van der Waals surface area contributed by atoms with Crippen LogP contribution in [0.3, 0.4) is 0 Å². The van der Waals surface area contributed by atoms with Crippen LogP contribution in [0.4, 0.5) is 10.5 Å². The number of carbonyl (C=O) groups excluding carboxylic acids is 1. The monoisotopic (exact) mass is 262 g/mol. The van der Waals surface area contributed by atoms with Crippen molar-refractivity contribution in [3.8, 4) is 0 Å². The number of benzene rings is 1. The summed E-state index contributed by atoms with van der Waals surface area (Å²) in [6, 6.07) is 7.86. The molecule has 18 heavy (non-hydrogen) atoms. The maximum Gasteiger partial charge on any atom is 0.322 e. The number of halogens is 1. The number of nitrogens with zero attached hydrogens (tertiary/aromatic N) is 1. The number of anilines is 1. The molecule has 1 N–H and O–H groups in total. The number of urea groups is 1.